The third kappa shape index (κ3) is 4.47. The topological polar surface area (TPSA) is 13.1 Å². The Hall–Kier alpha value is -6.44. The van der Waals surface area contributed by atoms with E-state index < -0.39 is 12.1 Å². The number of hydrogen-bond acceptors (Lipinski definition) is 1. The van der Waals surface area contributed by atoms with Crippen molar-refractivity contribution >= 4 is 54.3 Å². The van der Waals surface area contributed by atoms with E-state index in [0.717, 1.165) is 32.7 Å². The van der Waals surface area contributed by atoms with Gasteiger partial charge in [0, 0.05) is 10.8 Å². The Labute approximate surface area is 294 Å². The van der Waals surface area contributed by atoms with Gasteiger partial charge in [0.2, 0.25) is 0 Å². The molecule has 228 valence electrons. The largest absolute Gasteiger partial charge is 0.456 e. The van der Waals surface area contributed by atoms with Crippen LogP contribution in [0.3, 0.4) is 0 Å². The van der Waals surface area contributed by atoms with E-state index in [1.54, 1.807) is 0 Å². The average Bonchev–Trinajstić information content (AvgIpc) is 3.60. The minimum atomic E-state index is -0.405. The molecule has 0 radical (unpaired) electrons. The van der Waals surface area contributed by atoms with E-state index in [9.17, 15) is 6.85 Å². The molecular formula is C48H30O. The van der Waals surface area contributed by atoms with Gasteiger partial charge in [-0.15, -0.1) is 0 Å². The molecule has 0 aliphatic carbocycles. The van der Waals surface area contributed by atoms with Crippen molar-refractivity contribution in [2.24, 2.45) is 0 Å². The molecule has 0 aliphatic heterocycles. The Bertz CT molecular complexity index is 3250. The Balaban J connectivity index is 1.45. The van der Waals surface area contributed by atoms with Crippen LogP contribution in [0.4, 0.5) is 0 Å². The van der Waals surface area contributed by atoms with E-state index in [4.69, 9.17) is 7.16 Å². The lowest BCUT2D eigenvalue weighted by atomic mass is 9.83. The van der Waals surface area contributed by atoms with Crippen LogP contribution < -0.4 is 0 Å². The maximum atomic E-state index is 10.0. The van der Waals surface area contributed by atoms with Crippen LogP contribution in [0.5, 0.6) is 0 Å². The highest BCUT2D eigenvalue weighted by atomic mass is 16.3. The molecule has 0 spiro atoms. The predicted molar refractivity (Wildman–Crippen MR) is 208 cm³/mol. The van der Waals surface area contributed by atoms with Crippen LogP contribution in [0, 0.1) is 0 Å². The molecule has 1 aromatic heterocycles. The maximum Gasteiger partial charge on any atom is 0.136 e. The van der Waals surface area contributed by atoms with E-state index in [1.165, 1.54) is 0 Å². The number of fused-ring (bicyclic) bond motifs is 6. The molecule has 1 heterocycles. The Morgan fingerprint density at radius 2 is 0.980 bits per heavy atom. The van der Waals surface area contributed by atoms with Gasteiger partial charge in [0.25, 0.3) is 0 Å². The van der Waals surface area contributed by atoms with Crippen molar-refractivity contribution < 1.29 is 14.0 Å². The first-order chi connectivity index (χ1) is 27.2. The summed E-state index contributed by atoms with van der Waals surface area (Å²) in [6.45, 7) is 0. The second kappa shape index (κ2) is 11.1. The van der Waals surface area contributed by atoms with Crippen LogP contribution in [0.1, 0.15) is 9.60 Å². The first kappa shape index (κ1) is 21.4. The molecule has 0 fully saturated rings. The van der Waals surface area contributed by atoms with Crippen molar-refractivity contribution in [1.82, 2.24) is 0 Å². The number of rotatable bonds is 4. The lowest BCUT2D eigenvalue weighted by Gasteiger charge is -2.19. The van der Waals surface area contributed by atoms with Gasteiger partial charge in [0.15, 0.2) is 0 Å². The van der Waals surface area contributed by atoms with Crippen molar-refractivity contribution in [2.75, 3.05) is 0 Å². The molecule has 10 aromatic rings. The van der Waals surface area contributed by atoms with E-state index in [2.05, 4.69) is 6.07 Å². The Kier molecular flexibility index (Phi) is 4.85. The van der Waals surface area contributed by atoms with E-state index >= 15 is 0 Å². The molecule has 1 nitrogen and oxygen atoms in total. The lowest BCUT2D eigenvalue weighted by Crippen LogP contribution is -1.92. The molecule has 1 heteroatoms. The van der Waals surface area contributed by atoms with Gasteiger partial charge in [0.05, 0.1) is 9.60 Å². The molecule has 0 aliphatic rings. The molecular weight excluding hydrogens is 593 g/mol. The van der Waals surface area contributed by atoms with Gasteiger partial charge in [-0.2, -0.15) is 0 Å². The molecule has 9 aromatic carbocycles. The highest BCUT2D eigenvalue weighted by Gasteiger charge is 2.21. The van der Waals surface area contributed by atoms with Gasteiger partial charge >= 0.3 is 0 Å². The Morgan fingerprint density at radius 3 is 1.71 bits per heavy atom. The molecule has 0 bridgehead atoms. The standard InChI is InChI=1S/C48H30O/c1-3-12-31(13-4-1)33-22-24-34(25-23-33)46-38-18-9-10-19-39(38)47(42-28-37(26-27-40(42)46)32-14-5-2-6-15-32)41-20-11-21-44-48(41)43-29-35-16-7-8-17-36(35)30-45(43)49-44/h1-30H/i9D,10D,18D,19D,26D,27D,28D. The van der Waals surface area contributed by atoms with Gasteiger partial charge in [-0.05, 0) is 101 Å². The summed E-state index contributed by atoms with van der Waals surface area (Å²) < 4.78 is 72.6. The fourth-order valence-corrected chi connectivity index (χ4v) is 7.21. The molecule has 49 heavy (non-hydrogen) atoms. The number of furan rings is 1. The van der Waals surface area contributed by atoms with Crippen molar-refractivity contribution in [3.63, 3.8) is 0 Å². The fourth-order valence-electron chi connectivity index (χ4n) is 7.21. The fraction of sp³-hybridized carbons (Fsp3) is 0. The van der Waals surface area contributed by atoms with Gasteiger partial charge < -0.3 is 4.42 Å². The lowest BCUT2D eigenvalue weighted by molar-refractivity contribution is 0.669. The van der Waals surface area contributed by atoms with Gasteiger partial charge in [-0.3, -0.25) is 0 Å². The molecule has 0 amide bonds. The summed E-state index contributed by atoms with van der Waals surface area (Å²) in [4.78, 5) is 0. The van der Waals surface area contributed by atoms with E-state index in [1.807, 2.05) is 133 Å². The van der Waals surface area contributed by atoms with Crippen LogP contribution in [0.25, 0.3) is 98.8 Å². The van der Waals surface area contributed by atoms with Crippen molar-refractivity contribution in [1.29, 1.82) is 0 Å². The summed E-state index contributed by atoms with van der Waals surface area (Å²) in [5.41, 5.74) is 6.05. The summed E-state index contributed by atoms with van der Waals surface area (Å²) >= 11 is 0. The summed E-state index contributed by atoms with van der Waals surface area (Å²) in [5, 5.41) is 4.61. The second-order valence-electron chi connectivity index (χ2n) is 12.3. The first-order valence-corrected chi connectivity index (χ1v) is 16.3. The van der Waals surface area contributed by atoms with Gasteiger partial charge in [0.1, 0.15) is 11.2 Å². The maximum absolute atomic E-state index is 10.0. The quantitative estimate of drug-likeness (QED) is 0.177. The Morgan fingerprint density at radius 1 is 0.388 bits per heavy atom. The minimum absolute atomic E-state index is 0.00563. The zero-order valence-electron chi connectivity index (χ0n) is 33.2. The molecule has 0 saturated carbocycles. The third-order valence-corrected chi connectivity index (χ3v) is 9.48. The monoisotopic (exact) mass is 629 g/mol. The second-order valence-corrected chi connectivity index (χ2v) is 12.3. The smallest absolute Gasteiger partial charge is 0.136 e. The normalized spacial score (nSPS) is 13.7. The zero-order chi connectivity index (χ0) is 38.4. The van der Waals surface area contributed by atoms with Crippen LogP contribution in [0.2, 0.25) is 0 Å². The van der Waals surface area contributed by atoms with Crippen molar-refractivity contribution in [3.05, 3.63) is 182 Å². The van der Waals surface area contributed by atoms with Crippen LogP contribution in [0.15, 0.2) is 186 Å². The molecule has 0 atom stereocenters. The van der Waals surface area contributed by atoms with Crippen LogP contribution >= 0.6 is 0 Å². The van der Waals surface area contributed by atoms with Crippen molar-refractivity contribution in [2.45, 2.75) is 0 Å². The summed E-state index contributed by atoms with van der Waals surface area (Å²) in [7, 11) is 0. The minimum Gasteiger partial charge on any atom is -0.456 e. The molecule has 0 N–H and O–H groups in total. The summed E-state index contributed by atoms with van der Waals surface area (Å²) in [5.74, 6) is 0. The molecule has 10 rings (SSSR count). The predicted octanol–water partition coefficient (Wildman–Crippen LogP) is 13.7. The van der Waals surface area contributed by atoms with Gasteiger partial charge in [-0.25, -0.2) is 0 Å². The van der Waals surface area contributed by atoms with E-state index in [-0.39, 0.29) is 51.9 Å². The van der Waals surface area contributed by atoms with Crippen molar-refractivity contribution in [3.8, 4) is 44.5 Å². The highest BCUT2D eigenvalue weighted by Crippen LogP contribution is 2.48. The van der Waals surface area contributed by atoms with Crippen LogP contribution in [-0.4, -0.2) is 0 Å². The number of benzene rings is 9. The third-order valence-electron chi connectivity index (χ3n) is 9.48. The SMILES string of the molecule is [2H]c1c([2H])c([2H])c2c(-c3cccc4oc5cc6ccccc6cc5c34)c3c([2H])c(-c4ccccc4)c([2H])c([2H])c3c(-c3ccc(-c4ccccc4)cc3)c2c1[2H]. The highest BCUT2D eigenvalue weighted by molar-refractivity contribution is 6.26. The summed E-state index contributed by atoms with van der Waals surface area (Å²) in [6.07, 6.45) is 0. The van der Waals surface area contributed by atoms with Crippen LogP contribution in [-0.2, 0) is 0 Å². The first-order valence-electron chi connectivity index (χ1n) is 19.8. The molecule has 0 unspecified atom stereocenters. The average molecular weight is 630 g/mol. The number of hydrogen-bond donors (Lipinski definition) is 0. The molecule has 0 saturated heterocycles. The summed E-state index contributed by atoms with van der Waals surface area (Å²) in [6, 6.07) is 42.9. The zero-order valence-corrected chi connectivity index (χ0v) is 26.2. The van der Waals surface area contributed by atoms with Gasteiger partial charge in [-0.1, -0.05) is 158 Å². The van der Waals surface area contributed by atoms with E-state index in [0.29, 0.717) is 44.4 Å².